The van der Waals surface area contributed by atoms with Crippen LogP contribution in [0.4, 0.5) is 17.1 Å². The minimum atomic E-state index is -0.617. The van der Waals surface area contributed by atoms with Crippen LogP contribution in [-0.2, 0) is 9.59 Å². The number of carbonyl (C=O) groups excluding carboxylic acids is 2. The minimum absolute atomic E-state index is 0.0688. The number of hydrogen-bond donors (Lipinski definition) is 3. The van der Waals surface area contributed by atoms with Crippen LogP contribution in [0.1, 0.15) is 30.0 Å². The van der Waals surface area contributed by atoms with Gasteiger partial charge in [0, 0.05) is 17.3 Å². The van der Waals surface area contributed by atoms with Gasteiger partial charge in [0.2, 0.25) is 5.91 Å². The summed E-state index contributed by atoms with van der Waals surface area (Å²) in [5.74, 6) is 0.620. The molecule has 0 spiro atoms. The van der Waals surface area contributed by atoms with Crippen molar-refractivity contribution in [3.8, 4) is 5.75 Å². The fraction of sp³-hybridized carbons (Fsp3) is 0.231. The molecule has 1 saturated carbocycles. The molecule has 1 unspecified atom stereocenters. The van der Waals surface area contributed by atoms with Crippen molar-refractivity contribution in [2.24, 2.45) is 5.92 Å². The average Bonchev–Trinajstić information content (AvgIpc) is 3.65. The maximum atomic E-state index is 13.3. The number of methoxy groups -OCH3 is 1. The Morgan fingerprint density at radius 2 is 1.59 bits per heavy atom. The molecule has 1 atom stereocenters. The molecule has 6 nitrogen and oxygen atoms in total. The summed E-state index contributed by atoms with van der Waals surface area (Å²) in [4.78, 5) is 25.3. The zero-order chi connectivity index (χ0) is 22.5. The third-order valence-corrected chi connectivity index (χ3v) is 5.42. The van der Waals surface area contributed by atoms with Crippen molar-refractivity contribution in [3.63, 3.8) is 0 Å². The largest absolute Gasteiger partial charge is 0.495 e. The Morgan fingerprint density at radius 1 is 0.906 bits per heavy atom. The van der Waals surface area contributed by atoms with Crippen molar-refractivity contribution in [1.82, 2.24) is 0 Å². The van der Waals surface area contributed by atoms with Crippen LogP contribution in [0.25, 0.3) is 0 Å². The molecule has 4 rings (SSSR count). The SMILES string of the molecule is COc1ccc(C)cc1NC(=O)C(Nc1ccc(NC(=O)C2CC2)cc1)c1ccccc1. The van der Waals surface area contributed by atoms with E-state index in [1.165, 1.54) is 0 Å². The van der Waals surface area contributed by atoms with Gasteiger partial charge in [-0.2, -0.15) is 0 Å². The third-order valence-electron chi connectivity index (χ3n) is 5.42. The Balaban J connectivity index is 1.53. The minimum Gasteiger partial charge on any atom is -0.495 e. The van der Waals surface area contributed by atoms with Crippen LogP contribution < -0.4 is 20.7 Å². The summed E-state index contributed by atoms with van der Waals surface area (Å²) in [5.41, 5.74) is 4.00. The number of benzene rings is 3. The van der Waals surface area contributed by atoms with E-state index in [2.05, 4.69) is 16.0 Å². The molecule has 0 bridgehead atoms. The summed E-state index contributed by atoms with van der Waals surface area (Å²) >= 11 is 0. The molecule has 0 radical (unpaired) electrons. The van der Waals surface area contributed by atoms with Gasteiger partial charge in [0.1, 0.15) is 11.8 Å². The highest BCUT2D eigenvalue weighted by molar-refractivity contribution is 5.98. The molecule has 3 aromatic carbocycles. The van der Waals surface area contributed by atoms with E-state index in [-0.39, 0.29) is 17.7 Å². The highest BCUT2D eigenvalue weighted by atomic mass is 16.5. The lowest BCUT2D eigenvalue weighted by atomic mass is 10.1. The number of rotatable bonds is 8. The van der Waals surface area contributed by atoms with Crippen molar-refractivity contribution < 1.29 is 14.3 Å². The van der Waals surface area contributed by atoms with Crippen molar-refractivity contribution >= 4 is 28.9 Å². The second-order valence-corrected chi connectivity index (χ2v) is 8.02. The number of amides is 2. The molecule has 3 aromatic rings. The molecule has 0 aliphatic heterocycles. The zero-order valence-electron chi connectivity index (χ0n) is 18.2. The van der Waals surface area contributed by atoms with Crippen LogP contribution in [0.15, 0.2) is 72.8 Å². The molecule has 0 heterocycles. The van der Waals surface area contributed by atoms with Crippen molar-refractivity contribution in [1.29, 1.82) is 0 Å². The number of ether oxygens (including phenoxy) is 1. The number of carbonyl (C=O) groups is 2. The first kappa shape index (κ1) is 21.4. The van der Waals surface area contributed by atoms with Crippen molar-refractivity contribution in [2.75, 3.05) is 23.1 Å². The fourth-order valence-corrected chi connectivity index (χ4v) is 3.48. The highest BCUT2D eigenvalue weighted by Gasteiger charge is 2.29. The first-order chi connectivity index (χ1) is 15.5. The molecule has 1 aliphatic rings. The van der Waals surface area contributed by atoms with E-state index in [1.807, 2.05) is 79.7 Å². The highest BCUT2D eigenvalue weighted by Crippen LogP contribution is 2.31. The summed E-state index contributed by atoms with van der Waals surface area (Å²) in [6.07, 6.45) is 1.93. The van der Waals surface area contributed by atoms with Gasteiger partial charge in [-0.3, -0.25) is 9.59 Å². The van der Waals surface area contributed by atoms with E-state index in [1.54, 1.807) is 7.11 Å². The molecule has 164 valence electrons. The van der Waals surface area contributed by atoms with Gasteiger partial charge in [0.05, 0.1) is 12.8 Å². The van der Waals surface area contributed by atoms with Crippen molar-refractivity contribution in [2.45, 2.75) is 25.8 Å². The second kappa shape index (κ2) is 9.56. The van der Waals surface area contributed by atoms with Gasteiger partial charge in [0.25, 0.3) is 5.91 Å². The lowest BCUT2D eigenvalue weighted by Crippen LogP contribution is -2.27. The lowest BCUT2D eigenvalue weighted by Gasteiger charge is -2.21. The Kier molecular flexibility index (Phi) is 6.40. The maximum absolute atomic E-state index is 13.3. The molecule has 1 fully saturated rings. The number of anilines is 3. The summed E-state index contributed by atoms with van der Waals surface area (Å²) in [7, 11) is 1.58. The first-order valence-corrected chi connectivity index (χ1v) is 10.7. The van der Waals surface area contributed by atoms with E-state index in [9.17, 15) is 9.59 Å². The standard InChI is InChI=1S/C26H27N3O3/c1-17-8-15-23(32-2)22(16-17)29-26(31)24(18-6-4-3-5-7-18)27-20-11-13-21(14-12-20)28-25(30)19-9-10-19/h3-8,11-16,19,24,27H,9-10H2,1-2H3,(H,28,30)(H,29,31). The second-order valence-electron chi connectivity index (χ2n) is 8.02. The predicted octanol–water partition coefficient (Wildman–Crippen LogP) is 5.14. The van der Waals surface area contributed by atoms with E-state index in [0.717, 1.165) is 35.3 Å². The van der Waals surface area contributed by atoms with Crippen LogP contribution in [0.5, 0.6) is 5.75 Å². The summed E-state index contributed by atoms with van der Waals surface area (Å²) in [6.45, 7) is 1.96. The van der Waals surface area contributed by atoms with Crippen LogP contribution >= 0.6 is 0 Å². The Bertz CT molecular complexity index is 1090. The quantitative estimate of drug-likeness (QED) is 0.463. The van der Waals surface area contributed by atoms with E-state index in [0.29, 0.717) is 11.4 Å². The Labute approximate surface area is 188 Å². The van der Waals surface area contributed by atoms with E-state index < -0.39 is 6.04 Å². The molecule has 0 aromatic heterocycles. The molecule has 3 N–H and O–H groups in total. The maximum Gasteiger partial charge on any atom is 0.251 e. The molecule has 32 heavy (non-hydrogen) atoms. The van der Waals surface area contributed by atoms with Gasteiger partial charge in [-0.1, -0.05) is 36.4 Å². The van der Waals surface area contributed by atoms with Crippen LogP contribution in [-0.4, -0.2) is 18.9 Å². The topological polar surface area (TPSA) is 79.5 Å². The van der Waals surface area contributed by atoms with Gasteiger partial charge < -0.3 is 20.7 Å². The van der Waals surface area contributed by atoms with E-state index >= 15 is 0 Å². The summed E-state index contributed by atoms with van der Waals surface area (Å²) in [6, 6.07) is 22.0. The molecule has 6 heteroatoms. The number of hydrogen-bond acceptors (Lipinski definition) is 4. The smallest absolute Gasteiger partial charge is 0.251 e. The van der Waals surface area contributed by atoms with Crippen LogP contribution in [0.2, 0.25) is 0 Å². The zero-order valence-corrected chi connectivity index (χ0v) is 18.2. The van der Waals surface area contributed by atoms with Crippen LogP contribution in [0, 0.1) is 12.8 Å². The van der Waals surface area contributed by atoms with Gasteiger partial charge in [0.15, 0.2) is 0 Å². The van der Waals surface area contributed by atoms with Gasteiger partial charge >= 0.3 is 0 Å². The first-order valence-electron chi connectivity index (χ1n) is 10.7. The fourth-order valence-electron chi connectivity index (χ4n) is 3.48. The van der Waals surface area contributed by atoms with E-state index in [4.69, 9.17) is 4.74 Å². The number of nitrogens with one attached hydrogen (secondary N) is 3. The molecule has 2 amide bonds. The molecular weight excluding hydrogens is 402 g/mol. The normalized spacial score (nSPS) is 13.7. The average molecular weight is 430 g/mol. The molecular formula is C26H27N3O3. The van der Waals surface area contributed by atoms with Gasteiger partial charge in [-0.15, -0.1) is 0 Å². The Hall–Kier alpha value is -3.80. The molecule has 0 saturated heterocycles. The van der Waals surface area contributed by atoms with Crippen molar-refractivity contribution in [3.05, 3.63) is 83.9 Å². The van der Waals surface area contributed by atoms with Gasteiger partial charge in [-0.05, 0) is 67.3 Å². The summed E-state index contributed by atoms with van der Waals surface area (Å²) < 4.78 is 5.40. The predicted molar refractivity (Wildman–Crippen MR) is 127 cm³/mol. The molecule has 1 aliphatic carbocycles. The van der Waals surface area contributed by atoms with Gasteiger partial charge in [-0.25, -0.2) is 0 Å². The lowest BCUT2D eigenvalue weighted by molar-refractivity contribution is -0.118. The Morgan fingerprint density at radius 3 is 2.25 bits per heavy atom. The number of aryl methyl sites for hydroxylation is 1. The monoisotopic (exact) mass is 429 g/mol. The summed E-state index contributed by atoms with van der Waals surface area (Å²) in [5, 5.41) is 9.24. The van der Waals surface area contributed by atoms with Crippen LogP contribution in [0.3, 0.4) is 0 Å². The third kappa shape index (κ3) is 5.27.